The average Bonchev–Trinajstić information content (AvgIpc) is 2.77. The lowest BCUT2D eigenvalue weighted by Crippen LogP contribution is -2.58. The molecule has 0 aliphatic carbocycles. The fourth-order valence-corrected chi connectivity index (χ4v) is 3.26. The molecule has 7 heteroatoms. The van der Waals surface area contributed by atoms with Gasteiger partial charge in [0.2, 0.25) is 0 Å². The smallest absolute Gasteiger partial charge is 0.161 e. The van der Waals surface area contributed by atoms with E-state index < -0.39 is 24.4 Å². The molecule has 6 nitrogen and oxygen atoms in total. The van der Waals surface area contributed by atoms with Gasteiger partial charge in [-0.3, -0.25) is 4.99 Å². The first-order chi connectivity index (χ1) is 8.45. The summed E-state index contributed by atoms with van der Waals surface area (Å²) in [7, 11) is 5.34. The van der Waals surface area contributed by atoms with E-state index in [4.69, 9.17) is 9.47 Å². The summed E-state index contributed by atoms with van der Waals surface area (Å²) < 4.78 is 11.0. The summed E-state index contributed by atoms with van der Waals surface area (Å²) in [4.78, 5) is 6.27. The fraction of sp³-hybridized carbons (Fsp3) is 0.909. The monoisotopic (exact) mass is 275 g/mol. The van der Waals surface area contributed by atoms with Gasteiger partial charge in [0.25, 0.3) is 0 Å². The molecule has 0 spiro atoms. The summed E-state index contributed by atoms with van der Waals surface area (Å²) in [6.07, 6.45) is -2.71. The first-order valence-electron chi connectivity index (χ1n) is 5.92. The van der Waals surface area contributed by atoms with Crippen LogP contribution >= 0.6 is 11.8 Å². The number of nitrogens with zero attached hydrogens (tertiary/aromatic N) is 2. The van der Waals surface area contributed by atoms with Crippen LogP contribution in [0, 0.1) is 0 Å². The maximum atomic E-state index is 10.1. The van der Waals surface area contributed by atoms with Gasteiger partial charge in [-0.2, -0.15) is 0 Å². The summed E-state index contributed by atoms with van der Waals surface area (Å²) >= 11 is 1.47. The van der Waals surface area contributed by atoms with Crippen molar-refractivity contribution in [3.05, 3.63) is 0 Å². The second-order valence-corrected chi connectivity index (χ2v) is 5.87. The van der Waals surface area contributed by atoms with E-state index in [2.05, 4.69) is 4.99 Å². The summed E-state index contributed by atoms with van der Waals surface area (Å²) in [5.74, 6) is 0. The van der Waals surface area contributed by atoms with E-state index in [9.17, 15) is 10.2 Å². The van der Waals surface area contributed by atoms with Crippen LogP contribution < -0.4 is 0 Å². The topological polar surface area (TPSA) is 74.5 Å². The Kier molecular flexibility index (Phi) is 4.18. The van der Waals surface area contributed by atoms with Gasteiger partial charge in [0.1, 0.15) is 29.8 Å². The molecule has 18 heavy (non-hydrogen) atoms. The highest BCUT2D eigenvalue weighted by molar-refractivity contribution is 8.14. The number of amidine groups is 1. The number of fused-ring (bicyclic) bond motifs is 1. The van der Waals surface area contributed by atoms with E-state index in [-0.39, 0.29) is 11.5 Å². The third-order valence-corrected chi connectivity index (χ3v) is 4.61. The highest BCUT2D eigenvalue weighted by Gasteiger charge is 2.49. The van der Waals surface area contributed by atoms with Crippen molar-refractivity contribution in [2.24, 2.45) is 4.99 Å². The molecule has 0 amide bonds. The molecule has 2 rings (SSSR count). The minimum absolute atomic E-state index is 0.261. The van der Waals surface area contributed by atoms with Crippen molar-refractivity contribution in [2.75, 3.05) is 21.2 Å². The van der Waals surface area contributed by atoms with Crippen LogP contribution in [0.5, 0.6) is 0 Å². The van der Waals surface area contributed by atoms with Crippen LogP contribution in [0.15, 0.2) is 4.99 Å². The van der Waals surface area contributed by atoms with Crippen LogP contribution in [0.2, 0.25) is 0 Å². The molecule has 0 unspecified atom stereocenters. The molecular formula is C11H20N2O4S. The summed E-state index contributed by atoms with van der Waals surface area (Å²) in [6, 6.07) is -0.414. The third-order valence-electron chi connectivity index (χ3n) is 3.30. The van der Waals surface area contributed by atoms with Crippen LogP contribution in [0.4, 0.5) is 0 Å². The maximum Gasteiger partial charge on any atom is 0.161 e. The molecule has 2 N–H and O–H groups in total. The van der Waals surface area contributed by atoms with Gasteiger partial charge >= 0.3 is 0 Å². The molecule has 2 aliphatic rings. The minimum Gasteiger partial charge on any atom is -0.388 e. The fourth-order valence-electron chi connectivity index (χ4n) is 2.11. The van der Waals surface area contributed by atoms with Crippen molar-refractivity contribution in [1.29, 1.82) is 0 Å². The molecule has 0 aromatic rings. The molecule has 2 aliphatic heterocycles. The predicted octanol–water partition coefficient (Wildman–Crippen LogP) is -0.499. The number of thioether (sulfide) groups is 1. The second kappa shape index (κ2) is 5.34. The number of methoxy groups -OCH3 is 1. The molecule has 0 aromatic heterocycles. The van der Waals surface area contributed by atoms with Crippen LogP contribution in [0.25, 0.3) is 0 Å². The Morgan fingerprint density at radius 3 is 2.61 bits per heavy atom. The van der Waals surface area contributed by atoms with Crippen molar-refractivity contribution in [3.63, 3.8) is 0 Å². The maximum absolute atomic E-state index is 10.1. The SMILES string of the molecule is C[C@H](O[11CH3])[C@H]1O[C@@H]2SC(N(C)C)=N[C@@H]2[C@@H](O)[C@@H]1O. The number of hydrogen-bond acceptors (Lipinski definition) is 7. The number of aliphatic imine (C=N–C) groups is 1. The van der Waals surface area contributed by atoms with Crippen LogP contribution in [-0.4, -0.2) is 77.4 Å². The zero-order valence-electron chi connectivity index (χ0n) is 11.0. The minimum atomic E-state index is -0.980. The molecular weight excluding hydrogens is 255 g/mol. The van der Waals surface area contributed by atoms with Gasteiger partial charge in [0, 0.05) is 21.2 Å². The Bertz CT molecular complexity index is 339. The Hall–Kier alpha value is -0.340. The van der Waals surface area contributed by atoms with Gasteiger partial charge in [-0.1, -0.05) is 11.8 Å². The summed E-state index contributed by atoms with van der Waals surface area (Å²) in [5, 5.41) is 21.0. The standard InChI is InChI=1S/C11H20N2O4S/c1-5(16-4)9-8(15)7(14)6-10(17-9)18-11(12-6)13(2)3/h5-10,14-15H,1-4H3/t5-,6+,7+,8-,9+,10+/m0/s1/i4-1. The van der Waals surface area contributed by atoms with Crippen molar-refractivity contribution < 1.29 is 19.7 Å². The molecule has 1 saturated heterocycles. The van der Waals surface area contributed by atoms with Gasteiger partial charge in [-0.05, 0) is 6.92 Å². The zero-order valence-corrected chi connectivity index (χ0v) is 11.8. The number of aliphatic hydroxyl groups is 2. The van der Waals surface area contributed by atoms with E-state index in [1.165, 1.54) is 11.8 Å². The first kappa shape index (κ1) is 14.1. The van der Waals surface area contributed by atoms with E-state index in [0.717, 1.165) is 5.17 Å². The molecule has 104 valence electrons. The van der Waals surface area contributed by atoms with Gasteiger partial charge < -0.3 is 24.6 Å². The van der Waals surface area contributed by atoms with Crippen LogP contribution in [0.3, 0.4) is 0 Å². The molecule has 6 atom stereocenters. The number of hydrogen-bond donors (Lipinski definition) is 2. The molecule has 1 fully saturated rings. The average molecular weight is 275 g/mol. The lowest BCUT2D eigenvalue weighted by Gasteiger charge is -2.40. The molecule has 0 aromatic carbocycles. The third kappa shape index (κ3) is 2.37. The van der Waals surface area contributed by atoms with Crippen molar-refractivity contribution in [2.45, 2.75) is 42.8 Å². The van der Waals surface area contributed by atoms with Crippen LogP contribution in [0.1, 0.15) is 6.92 Å². The Labute approximate surface area is 111 Å². The lowest BCUT2D eigenvalue weighted by molar-refractivity contribution is -0.186. The van der Waals surface area contributed by atoms with Crippen LogP contribution in [-0.2, 0) is 9.47 Å². The van der Waals surface area contributed by atoms with Gasteiger partial charge in [0.15, 0.2) is 5.17 Å². The normalized spacial score (nSPS) is 41.2. The summed E-state index contributed by atoms with van der Waals surface area (Å²) in [6.45, 7) is 1.81. The van der Waals surface area contributed by atoms with E-state index >= 15 is 0 Å². The van der Waals surface area contributed by atoms with Crippen molar-refractivity contribution >= 4 is 16.9 Å². The second-order valence-electron chi connectivity index (χ2n) is 4.81. The molecule has 2 heterocycles. The molecule has 0 saturated carbocycles. The molecule has 0 bridgehead atoms. The Balaban J connectivity index is 2.14. The highest BCUT2D eigenvalue weighted by atomic mass is 32.2. The first-order valence-corrected chi connectivity index (χ1v) is 6.80. The predicted molar refractivity (Wildman–Crippen MR) is 69.6 cm³/mol. The van der Waals surface area contributed by atoms with Crippen molar-refractivity contribution in [1.82, 2.24) is 4.90 Å². The number of ether oxygens (including phenoxy) is 2. The Morgan fingerprint density at radius 2 is 2.06 bits per heavy atom. The van der Waals surface area contributed by atoms with E-state index in [1.54, 1.807) is 7.11 Å². The highest BCUT2D eigenvalue weighted by Crippen LogP contribution is 2.37. The Morgan fingerprint density at radius 1 is 1.39 bits per heavy atom. The van der Waals surface area contributed by atoms with E-state index in [0.29, 0.717) is 0 Å². The van der Waals surface area contributed by atoms with Crippen molar-refractivity contribution in [3.8, 4) is 0 Å². The number of rotatable bonds is 2. The van der Waals surface area contributed by atoms with Gasteiger partial charge in [-0.25, -0.2) is 0 Å². The largest absolute Gasteiger partial charge is 0.388 e. The van der Waals surface area contributed by atoms with E-state index in [1.807, 2.05) is 25.9 Å². The zero-order chi connectivity index (χ0) is 13.4. The van der Waals surface area contributed by atoms with Gasteiger partial charge in [-0.15, -0.1) is 0 Å². The number of aliphatic hydroxyl groups excluding tert-OH is 2. The quantitative estimate of drug-likeness (QED) is 0.708. The lowest BCUT2D eigenvalue weighted by atomic mass is 9.95. The summed E-state index contributed by atoms with van der Waals surface area (Å²) in [5.41, 5.74) is -0.261. The van der Waals surface area contributed by atoms with Gasteiger partial charge in [0.05, 0.1) is 6.10 Å². The molecule has 0 radical (unpaired) electrons.